The number of aromatic amines is 1. The van der Waals surface area contributed by atoms with E-state index in [1.807, 2.05) is 0 Å². The Morgan fingerprint density at radius 1 is 1.08 bits per heavy atom. The lowest BCUT2D eigenvalue weighted by Gasteiger charge is -2.18. The number of hydrogen-bond donors (Lipinski definition) is 1. The number of rotatable bonds is 0. The lowest BCUT2D eigenvalue weighted by atomic mass is 9.89. The molecule has 0 atom stereocenters. The highest BCUT2D eigenvalue weighted by Crippen LogP contribution is 2.28. The minimum absolute atomic E-state index is 0.234. The molecule has 12 heavy (non-hydrogen) atoms. The van der Waals surface area contributed by atoms with Crippen molar-refractivity contribution in [3.63, 3.8) is 0 Å². The van der Waals surface area contributed by atoms with Crippen molar-refractivity contribution < 1.29 is 0 Å². The third-order valence-electron chi connectivity index (χ3n) is 2.25. The number of nitrogens with one attached hydrogen (secondary N) is 1. The van der Waals surface area contributed by atoms with Crippen LogP contribution in [0.25, 0.3) is 0 Å². The van der Waals surface area contributed by atoms with E-state index in [4.69, 9.17) is 0 Å². The lowest BCUT2D eigenvalue weighted by Crippen LogP contribution is -2.13. The van der Waals surface area contributed by atoms with Gasteiger partial charge in [0.25, 0.3) is 0 Å². The number of halogens is 1. The average Bonchev–Trinajstić information content (AvgIpc) is 2.15. The molecular weight excluding hydrogens is 261 g/mol. The third kappa shape index (κ3) is 1.68. The van der Waals surface area contributed by atoms with E-state index < -0.39 is 0 Å². The third-order valence-corrected chi connectivity index (χ3v) is 3.33. The highest BCUT2D eigenvalue weighted by molar-refractivity contribution is 14.1. The molecule has 0 spiro atoms. The van der Waals surface area contributed by atoms with Gasteiger partial charge in [-0.3, -0.25) is 0 Å². The van der Waals surface area contributed by atoms with Crippen LogP contribution in [0, 0.1) is 17.5 Å². The molecule has 0 bridgehead atoms. The quantitative estimate of drug-likeness (QED) is 0.698. The molecule has 2 heteroatoms. The number of aromatic nitrogens is 1. The molecule has 0 radical (unpaired) electrons. The number of hydrogen-bond acceptors (Lipinski definition) is 0. The molecule has 1 aromatic rings. The second-order valence-corrected chi connectivity index (χ2v) is 5.39. The summed E-state index contributed by atoms with van der Waals surface area (Å²) in [4.78, 5) is 3.44. The van der Waals surface area contributed by atoms with Gasteiger partial charge in [-0.15, -0.1) is 0 Å². The van der Waals surface area contributed by atoms with Crippen LogP contribution in [-0.2, 0) is 5.41 Å². The van der Waals surface area contributed by atoms with Crippen molar-refractivity contribution in [1.82, 2.24) is 4.98 Å². The molecule has 1 nitrogen and oxygen atoms in total. The molecule has 0 saturated heterocycles. The normalized spacial score (nSPS) is 12.2. The number of H-pyrrole nitrogens is 1. The Balaban J connectivity index is 3.28. The lowest BCUT2D eigenvalue weighted by molar-refractivity contribution is 0.568. The molecule has 0 aliphatic heterocycles. The van der Waals surface area contributed by atoms with E-state index >= 15 is 0 Å². The second kappa shape index (κ2) is 3.05. The van der Waals surface area contributed by atoms with Crippen molar-refractivity contribution in [2.45, 2.75) is 40.0 Å². The Labute approximate surface area is 88.1 Å². The molecule has 1 heterocycles. The van der Waals surface area contributed by atoms with Gasteiger partial charge in [-0.05, 0) is 47.6 Å². The van der Waals surface area contributed by atoms with Crippen molar-refractivity contribution in [2.24, 2.45) is 0 Å². The molecule has 1 aromatic heterocycles. The maximum atomic E-state index is 3.44. The second-order valence-electron chi connectivity index (χ2n) is 4.31. The minimum Gasteiger partial charge on any atom is -0.353 e. The molecule has 0 saturated carbocycles. The van der Waals surface area contributed by atoms with Crippen LogP contribution >= 0.6 is 22.6 Å². The summed E-state index contributed by atoms with van der Waals surface area (Å²) < 4.78 is 1.27. The molecule has 1 rings (SSSR count). The first-order valence-corrected chi connectivity index (χ1v) is 5.27. The van der Waals surface area contributed by atoms with E-state index in [0.717, 1.165) is 0 Å². The molecule has 0 aromatic carbocycles. The maximum absolute atomic E-state index is 3.44. The summed E-state index contributed by atoms with van der Waals surface area (Å²) in [5, 5.41) is 0. The predicted molar refractivity (Wildman–Crippen MR) is 61.7 cm³/mol. The van der Waals surface area contributed by atoms with Crippen LogP contribution in [-0.4, -0.2) is 4.98 Å². The van der Waals surface area contributed by atoms with Gasteiger partial charge in [-0.1, -0.05) is 20.8 Å². The van der Waals surface area contributed by atoms with Crippen LogP contribution < -0.4 is 0 Å². The Kier molecular flexibility index (Phi) is 2.57. The zero-order valence-electron chi connectivity index (χ0n) is 8.38. The fraction of sp³-hybridized carbons (Fsp3) is 0.600. The first-order valence-electron chi connectivity index (χ1n) is 4.19. The molecule has 0 amide bonds. The van der Waals surface area contributed by atoms with Gasteiger partial charge in [0.1, 0.15) is 0 Å². The van der Waals surface area contributed by atoms with Crippen LogP contribution in [0.4, 0.5) is 0 Å². The summed E-state index contributed by atoms with van der Waals surface area (Å²) in [7, 11) is 0. The van der Waals surface area contributed by atoms with E-state index in [2.05, 4.69) is 62.2 Å². The van der Waals surface area contributed by atoms with Gasteiger partial charge in [0.15, 0.2) is 0 Å². The summed E-state index contributed by atoms with van der Waals surface area (Å²) >= 11 is 2.36. The Bertz CT molecular complexity index is 292. The predicted octanol–water partition coefficient (Wildman–Crippen LogP) is 3.53. The van der Waals surface area contributed by atoms with Gasteiger partial charge in [-0.2, -0.15) is 0 Å². The van der Waals surface area contributed by atoms with Crippen molar-refractivity contribution in [3.05, 3.63) is 20.5 Å². The largest absolute Gasteiger partial charge is 0.353 e. The van der Waals surface area contributed by atoms with Gasteiger partial charge in [0.05, 0.1) is 3.70 Å². The Morgan fingerprint density at radius 2 is 1.58 bits per heavy atom. The first-order chi connectivity index (χ1) is 5.34. The fourth-order valence-electron chi connectivity index (χ4n) is 1.40. The highest BCUT2D eigenvalue weighted by atomic mass is 127. The zero-order chi connectivity index (χ0) is 9.52. The summed E-state index contributed by atoms with van der Waals surface area (Å²) in [6.07, 6.45) is 0. The highest BCUT2D eigenvalue weighted by Gasteiger charge is 2.20. The van der Waals surface area contributed by atoms with Gasteiger partial charge >= 0.3 is 0 Å². The van der Waals surface area contributed by atoms with Gasteiger partial charge in [-0.25, -0.2) is 0 Å². The van der Waals surface area contributed by atoms with E-state index in [-0.39, 0.29) is 5.41 Å². The van der Waals surface area contributed by atoms with Crippen LogP contribution in [0.15, 0.2) is 0 Å². The minimum atomic E-state index is 0.234. The Hall–Kier alpha value is 0.01000. The molecule has 0 unspecified atom stereocenters. The fourth-order valence-corrected chi connectivity index (χ4v) is 2.07. The monoisotopic (exact) mass is 277 g/mol. The standard InChI is InChI=1S/C10H16IN/c1-6-7(2)9(11)12-8(6)10(3,4)5/h12H,1-5H3. The topological polar surface area (TPSA) is 15.8 Å². The van der Waals surface area contributed by atoms with Crippen LogP contribution in [0.5, 0.6) is 0 Å². The van der Waals surface area contributed by atoms with Gasteiger partial charge in [0.2, 0.25) is 0 Å². The van der Waals surface area contributed by atoms with Gasteiger partial charge < -0.3 is 4.98 Å². The zero-order valence-corrected chi connectivity index (χ0v) is 10.5. The van der Waals surface area contributed by atoms with Gasteiger partial charge in [0, 0.05) is 11.1 Å². The van der Waals surface area contributed by atoms with Crippen LogP contribution in [0.3, 0.4) is 0 Å². The van der Waals surface area contributed by atoms with E-state index in [9.17, 15) is 0 Å². The summed E-state index contributed by atoms with van der Waals surface area (Å²) in [6.45, 7) is 11.1. The van der Waals surface area contributed by atoms with Crippen LogP contribution in [0.1, 0.15) is 37.6 Å². The molecule has 0 aliphatic carbocycles. The first kappa shape index (κ1) is 10.1. The summed E-state index contributed by atoms with van der Waals surface area (Å²) in [5.74, 6) is 0. The summed E-state index contributed by atoms with van der Waals surface area (Å²) in [5.41, 5.74) is 4.40. The molecule has 68 valence electrons. The van der Waals surface area contributed by atoms with E-state index in [0.29, 0.717) is 0 Å². The molecule has 1 N–H and O–H groups in total. The van der Waals surface area contributed by atoms with Crippen molar-refractivity contribution in [1.29, 1.82) is 0 Å². The van der Waals surface area contributed by atoms with E-state index in [1.165, 1.54) is 20.5 Å². The van der Waals surface area contributed by atoms with Crippen molar-refractivity contribution in [3.8, 4) is 0 Å². The van der Waals surface area contributed by atoms with Crippen molar-refractivity contribution >= 4 is 22.6 Å². The summed E-state index contributed by atoms with van der Waals surface area (Å²) in [6, 6.07) is 0. The molecule has 0 fully saturated rings. The van der Waals surface area contributed by atoms with E-state index in [1.54, 1.807) is 0 Å². The maximum Gasteiger partial charge on any atom is 0.0806 e. The SMILES string of the molecule is Cc1c(I)[nH]c(C(C)(C)C)c1C. The Morgan fingerprint density at radius 3 is 1.75 bits per heavy atom. The van der Waals surface area contributed by atoms with Crippen LogP contribution in [0.2, 0.25) is 0 Å². The average molecular weight is 277 g/mol. The molecular formula is C10H16IN. The molecule has 0 aliphatic rings. The smallest absolute Gasteiger partial charge is 0.0806 e. The van der Waals surface area contributed by atoms with Crippen molar-refractivity contribution in [2.75, 3.05) is 0 Å².